The maximum Gasteiger partial charge on any atom is 0.236 e. The molecule has 7 nitrogen and oxygen atoms in total. The second-order valence-electron chi connectivity index (χ2n) is 8.52. The van der Waals surface area contributed by atoms with Crippen molar-refractivity contribution >= 4 is 17.5 Å². The summed E-state index contributed by atoms with van der Waals surface area (Å²) >= 11 is 0. The van der Waals surface area contributed by atoms with E-state index in [0.29, 0.717) is 18.5 Å². The highest BCUT2D eigenvalue weighted by Gasteiger charge is 2.27. The molecule has 0 spiro atoms. The number of amides is 1. The Balaban J connectivity index is 1.28. The van der Waals surface area contributed by atoms with Gasteiger partial charge in [-0.15, -0.1) is 0 Å². The molecular formula is C23H32N6O. The van der Waals surface area contributed by atoms with Crippen LogP contribution in [0.3, 0.4) is 0 Å². The minimum Gasteiger partial charge on any atom is -0.342 e. The fraction of sp³-hybridized carbons (Fsp3) is 0.565. The number of pyridine rings is 1. The minimum absolute atomic E-state index is 0.265. The molecule has 1 aliphatic heterocycles. The minimum atomic E-state index is 0.265. The number of nitrogens with one attached hydrogen (secondary N) is 1. The molecular weight excluding hydrogens is 376 g/mol. The molecule has 1 amide bonds. The SMILES string of the molecule is CN(C(=O)CN1CCC(c2cncc(Nc3ccccn3)n2)CC1)C1CCCCC1. The largest absolute Gasteiger partial charge is 0.342 e. The second kappa shape index (κ2) is 9.98. The number of likely N-dealkylation sites (N-methyl/N-ethyl adjacent to an activating group) is 1. The number of carbonyl (C=O) groups is 1. The zero-order chi connectivity index (χ0) is 20.8. The standard InChI is InChI=1S/C23H32N6O/c1-28(19-7-3-2-4-8-19)23(30)17-29-13-10-18(11-14-29)20-15-24-16-22(26-20)27-21-9-5-6-12-25-21/h5-6,9,12,15-16,18-19H,2-4,7-8,10-11,13-14,17H2,1H3,(H,25,26,27). The number of anilines is 2. The van der Waals surface area contributed by atoms with E-state index in [4.69, 9.17) is 4.98 Å². The third-order valence-corrected chi connectivity index (χ3v) is 6.45. The maximum atomic E-state index is 12.7. The fourth-order valence-electron chi connectivity index (χ4n) is 4.57. The van der Waals surface area contributed by atoms with Crippen molar-refractivity contribution in [1.82, 2.24) is 24.8 Å². The molecule has 0 atom stereocenters. The van der Waals surface area contributed by atoms with Crippen molar-refractivity contribution in [3.63, 3.8) is 0 Å². The first-order chi connectivity index (χ1) is 14.7. The summed E-state index contributed by atoms with van der Waals surface area (Å²) in [5, 5.41) is 3.22. The zero-order valence-corrected chi connectivity index (χ0v) is 17.8. The van der Waals surface area contributed by atoms with Gasteiger partial charge < -0.3 is 10.2 Å². The smallest absolute Gasteiger partial charge is 0.236 e. The topological polar surface area (TPSA) is 74.2 Å². The Bertz CT molecular complexity index is 815. The molecule has 2 aromatic rings. The van der Waals surface area contributed by atoms with Crippen LogP contribution in [0.5, 0.6) is 0 Å². The van der Waals surface area contributed by atoms with Crippen LogP contribution in [0.4, 0.5) is 11.6 Å². The van der Waals surface area contributed by atoms with Gasteiger partial charge in [0.1, 0.15) is 11.6 Å². The first-order valence-corrected chi connectivity index (χ1v) is 11.2. The number of piperidine rings is 1. The van der Waals surface area contributed by atoms with Gasteiger partial charge in [0.25, 0.3) is 0 Å². The van der Waals surface area contributed by atoms with Crippen LogP contribution in [0.25, 0.3) is 0 Å². The highest BCUT2D eigenvalue weighted by atomic mass is 16.2. The van der Waals surface area contributed by atoms with E-state index in [-0.39, 0.29) is 5.91 Å². The van der Waals surface area contributed by atoms with E-state index in [2.05, 4.69) is 20.2 Å². The van der Waals surface area contributed by atoms with Gasteiger partial charge in [-0.3, -0.25) is 14.7 Å². The number of likely N-dealkylation sites (tertiary alicyclic amines) is 1. The van der Waals surface area contributed by atoms with Gasteiger partial charge in [-0.1, -0.05) is 25.3 Å². The molecule has 0 radical (unpaired) electrons. The van der Waals surface area contributed by atoms with Crippen molar-refractivity contribution in [2.24, 2.45) is 0 Å². The van der Waals surface area contributed by atoms with Crippen LogP contribution in [0.15, 0.2) is 36.8 Å². The maximum absolute atomic E-state index is 12.7. The predicted molar refractivity (Wildman–Crippen MR) is 118 cm³/mol. The quantitative estimate of drug-likeness (QED) is 0.787. The number of hydrogen-bond acceptors (Lipinski definition) is 6. The van der Waals surface area contributed by atoms with Crippen LogP contribution in [0.1, 0.15) is 56.6 Å². The summed E-state index contributed by atoms with van der Waals surface area (Å²) in [5.74, 6) is 2.13. The van der Waals surface area contributed by atoms with E-state index in [0.717, 1.165) is 56.1 Å². The highest BCUT2D eigenvalue weighted by molar-refractivity contribution is 5.78. The number of carbonyl (C=O) groups excluding carboxylic acids is 1. The normalized spacial score (nSPS) is 18.8. The van der Waals surface area contributed by atoms with Crippen LogP contribution in [-0.4, -0.2) is 63.4 Å². The molecule has 0 unspecified atom stereocenters. The van der Waals surface area contributed by atoms with Gasteiger partial charge in [-0.2, -0.15) is 0 Å². The van der Waals surface area contributed by atoms with Crippen molar-refractivity contribution in [2.75, 3.05) is 32.0 Å². The van der Waals surface area contributed by atoms with E-state index in [1.54, 1.807) is 12.4 Å². The molecule has 2 fully saturated rings. The summed E-state index contributed by atoms with van der Waals surface area (Å²) < 4.78 is 0. The van der Waals surface area contributed by atoms with Gasteiger partial charge in [-0.25, -0.2) is 9.97 Å². The third-order valence-electron chi connectivity index (χ3n) is 6.45. The summed E-state index contributed by atoms with van der Waals surface area (Å²) in [6.45, 7) is 2.38. The Morgan fingerprint density at radius 2 is 1.90 bits per heavy atom. The number of rotatable bonds is 6. The molecule has 0 bridgehead atoms. The predicted octanol–water partition coefficient (Wildman–Crippen LogP) is 3.59. The van der Waals surface area contributed by atoms with Crippen molar-refractivity contribution in [3.05, 3.63) is 42.5 Å². The molecule has 30 heavy (non-hydrogen) atoms. The van der Waals surface area contributed by atoms with Crippen molar-refractivity contribution in [3.8, 4) is 0 Å². The summed E-state index contributed by atoms with van der Waals surface area (Å²) in [7, 11) is 1.99. The van der Waals surface area contributed by atoms with Crippen LogP contribution in [-0.2, 0) is 4.79 Å². The molecule has 160 valence electrons. The summed E-state index contributed by atoms with van der Waals surface area (Å²) in [4.78, 5) is 30.4. The number of nitrogens with zero attached hydrogens (tertiary/aromatic N) is 5. The Morgan fingerprint density at radius 1 is 1.10 bits per heavy atom. The summed E-state index contributed by atoms with van der Waals surface area (Å²) in [6, 6.07) is 6.18. The molecule has 7 heteroatoms. The first-order valence-electron chi connectivity index (χ1n) is 11.2. The lowest BCUT2D eigenvalue weighted by molar-refractivity contribution is -0.134. The van der Waals surface area contributed by atoms with Crippen LogP contribution in [0, 0.1) is 0 Å². The van der Waals surface area contributed by atoms with E-state index < -0.39 is 0 Å². The molecule has 1 saturated carbocycles. The molecule has 2 aromatic heterocycles. The molecule has 0 aromatic carbocycles. The molecule has 1 N–H and O–H groups in total. The van der Waals surface area contributed by atoms with Gasteiger partial charge >= 0.3 is 0 Å². The van der Waals surface area contributed by atoms with E-state index >= 15 is 0 Å². The lowest BCUT2D eigenvalue weighted by atomic mass is 9.93. The lowest BCUT2D eigenvalue weighted by Crippen LogP contribution is -2.45. The van der Waals surface area contributed by atoms with E-state index in [1.807, 2.05) is 36.3 Å². The average Bonchev–Trinajstić information content (AvgIpc) is 2.80. The van der Waals surface area contributed by atoms with Crippen LogP contribution >= 0.6 is 0 Å². The number of aromatic nitrogens is 3. The van der Waals surface area contributed by atoms with Crippen LogP contribution in [0.2, 0.25) is 0 Å². The monoisotopic (exact) mass is 408 g/mol. The summed E-state index contributed by atoms with van der Waals surface area (Å²) in [6.07, 6.45) is 13.5. The number of hydrogen-bond donors (Lipinski definition) is 1. The van der Waals surface area contributed by atoms with Gasteiger partial charge in [0.15, 0.2) is 0 Å². The Labute approximate surface area is 178 Å². The van der Waals surface area contributed by atoms with Crippen molar-refractivity contribution < 1.29 is 4.79 Å². The zero-order valence-electron chi connectivity index (χ0n) is 17.8. The van der Waals surface area contributed by atoms with Gasteiger partial charge in [0.2, 0.25) is 5.91 Å². The van der Waals surface area contributed by atoms with Gasteiger partial charge in [0.05, 0.1) is 18.4 Å². The van der Waals surface area contributed by atoms with E-state index in [1.165, 1.54) is 19.3 Å². The van der Waals surface area contributed by atoms with Crippen LogP contribution < -0.4 is 5.32 Å². The van der Waals surface area contributed by atoms with E-state index in [9.17, 15) is 4.79 Å². The Morgan fingerprint density at radius 3 is 2.63 bits per heavy atom. The van der Waals surface area contributed by atoms with Crippen molar-refractivity contribution in [2.45, 2.75) is 56.9 Å². The van der Waals surface area contributed by atoms with Crippen molar-refractivity contribution in [1.29, 1.82) is 0 Å². The fourth-order valence-corrected chi connectivity index (χ4v) is 4.57. The third kappa shape index (κ3) is 5.33. The second-order valence-corrected chi connectivity index (χ2v) is 8.52. The Hall–Kier alpha value is -2.54. The molecule has 1 saturated heterocycles. The van der Waals surface area contributed by atoms with Gasteiger partial charge in [-0.05, 0) is 50.9 Å². The molecule has 2 aliphatic rings. The van der Waals surface area contributed by atoms with Gasteiger partial charge in [0, 0.05) is 31.4 Å². The highest BCUT2D eigenvalue weighted by Crippen LogP contribution is 2.28. The molecule has 1 aliphatic carbocycles. The molecule has 3 heterocycles. The first kappa shape index (κ1) is 20.7. The summed E-state index contributed by atoms with van der Waals surface area (Å²) in [5.41, 5.74) is 1.02. The molecule has 4 rings (SSSR count). The Kier molecular flexibility index (Phi) is 6.89. The average molecular weight is 409 g/mol. The lowest BCUT2D eigenvalue weighted by Gasteiger charge is -2.35.